The van der Waals surface area contributed by atoms with E-state index in [9.17, 15) is 9.90 Å². The zero-order valence-corrected chi connectivity index (χ0v) is 21.6. The normalized spacial score (nSPS) is 17.6. The fraction of sp³-hybridized carbons (Fsp3) is 0.700. The summed E-state index contributed by atoms with van der Waals surface area (Å²) in [6.45, 7) is 1.55. The number of nitrogens with two attached hydrogens (primary N) is 1. The fourth-order valence-corrected chi connectivity index (χ4v) is 6.01. The van der Waals surface area contributed by atoms with Gasteiger partial charge in [0, 0.05) is 6.42 Å². The Morgan fingerprint density at radius 3 is 2.47 bits per heavy atom. The molecule has 4 heteroatoms. The first-order valence-electron chi connectivity index (χ1n) is 13.9. The maximum absolute atomic E-state index is 11.7. The predicted molar refractivity (Wildman–Crippen MR) is 144 cm³/mol. The van der Waals surface area contributed by atoms with Crippen LogP contribution >= 0.6 is 0 Å². The maximum atomic E-state index is 11.7. The summed E-state index contributed by atoms with van der Waals surface area (Å²) in [5.41, 5.74) is 7.32. The van der Waals surface area contributed by atoms with E-state index in [0.717, 1.165) is 51.0 Å². The van der Waals surface area contributed by atoms with Crippen LogP contribution in [0.4, 0.5) is 0 Å². The number of hydrogen-bond acceptors (Lipinski definition) is 3. The van der Waals surface area contributed by atoms with Gasteiger partial charge in [-0.1, -0.05) is 74.6 Å². The summed E-state index contributed by atoms with van der Waals surface area (Å²) in [6.07, 6.45) is 20.9. The van der Waals surface area contributed by atoms with Crippen molar-refractivity contribution in [1.29, 1.82) is 0 Å². The molecule has 1 fully saturated rings. The van der Waals surface area contributed by atoms with E-state index in [1.165, 1.54) is 50.5 Å². The van der Waals surface area contributed by atoms with Gasteiger partial charge < -0.3 is 16.2 Å². The van der Waals surface area contributed by atoms with Crippen LogP contribution in [0.5, 0.6) is 0 Å². The highest BCUT2D eigenvalue weighted by molar-refractivity contribution is 5.67. The Hall–Kier alpha value is -1.65. The smallest absolute Gasteiger partial charge is 0.303 e. The van der Waals surface area contributed by atoms with E-state index >= 15 is 0 Å². The Balaban J connectivity index is 1.87. The summed E-state index contributed by atoms with van der Waals surface area (Å²) in [6, 6.07) is 10.4. The van der Waals surface area contributed by atoms with Crippen LogP contribution in [0.2, 0.25) is 0 Å². The van der Waals surface area contributed by atoms with Crippen LogP contribution in [0.1, 0.15) is 89.0 Å². The molecule has 3 atom stereocenters. The zero-order valence-electron chi connectivity index (χ0n) is 21.6. The number of carbonyl (C=O) groups is 1. The molecule has 34 heavy (non-hydrogen) atoms. The highest BCUT2D eigenvalue weighted by atomic mass is 16.4. The van der Waals surface area contributed by atoms with E-state index in [0.29, 0.717) is 18.4 Å². The molecule has 0 saturated heterocycles. The number of hydrogen-bond donors (Lipinski definition) is 3. The molecular weight excluding hydrogens is 420 g/mol. The molecule has 192 valence electrons. The largest absolute Gasteiger partial charge is 0.481 e. The van der Waals surface area contributed by atoms with Gasteiger partial charge in [-0.3, -0.25) is 4.79 Å². The van der Waals surface area contributed by atoms with Gasteiger partial charge in [0.05, 0.1) is 0 Å². The lowest BCUT2D eigenvalue weighted by molar-refractivity contribution is -0.138. The van der Waals surface area contributed by atoms with Crippen molar-refractivity contribution in [2.45, 2.75) is 89.9 Å². The van der Waals surface area contributed by atoms with Crippen LogP contribution in [-0.2, 0) is 11.2 Å². The molecule has 1 aliphatic rings. The van der Waals surface area contributed by atoms with Crippen molar-refractivity contribution in [2.75, 3.05) is 20.1 Å². The van der Waals surface area contributed by atoms with Crippen LogP contribution in [0.15, 0.2) is 42.5 Å². The summed E-state index contributed by atoms with van der Waals surface area (Å²) in [5, 5.41) is 13.0. The average molecular weight is 471 g/mol. The highest BCUT2D eigenvalue weighted by Gasteiger charge is 2.29. The van der Waals surface area contributed by atoms with Gasteiger partial charge in [0.15, 0.2) is 0 Å². The average Bonchev–Trinajstić information content (AvgIpc) is 2.85. The number of unbranched alkanes of at least 4 members (excludes halogenated alkanes) is 1. The first-order chi connectivity index (χ1) is 16.6. The molecule has 1 aliphatic carbocycles. The summed E-state index contributed by atoms with van der Waals surface area (Å²) in [5.74, 6) is 1.23. The number of aryl methyl sites for hydroxylation is 1. The zero-order chi connectivity index (χ0) is 24.4. The Bertz CT molecular complexity index is 670. The second kappa shape index (κ2) is 17.7. The molecular formula is C30H50N2O2. The standard InChI is InChI=1S/C30H50N2O2/c1-32-24-28(18-12-4-2-3-7-13-25-14-8-5-9-15-25)29(21-22-31)27(23-30(33)34)20-19-26-16-10-6-11-17-26/h2-3,6,10-11,16-17,25,27-29,32H,4-5,7-9,12-15,18-24,31H2,1H3,(H,33,34)/b3-2-/t27-,28+,29-/m1/s1. The number of rotatable bonds is 18. The molecule has 0 aliphatic heterocycles. The molecule has 1 aromatic carbocycles. The van der Waals surface area contributed by atoms with Gasteiger partial charge in [0.25, 0.3) is 0 Å². The lowest BCUT2D eigenvalue weighted by Gasteiger charge is -2.33. The van der Waals surface area contributed by atoms with Gasteiger partial charge in [0.2, 0.25) is 0 Å². The van der Waals surface area contributed by atoms with Crippen LogP contribution in [0.25, 0.3) is 0 Å². The number of carboxylic acid groups (broad SMARTS) is 1. The number of benzene rings is 1. The maximum Gasteiger partial charge on any atom is 0.303 e. The molecule has 0 aromatic heterocycles. The first kappa shape index (κ1) is 28.6. The SMILES string of the molecule is CNC[C@H](CCC/C=C\CCC1CCCCC1)[C@H](CCN)[C@H](CCc1ccccc1)CC(=O)O. The predicted octanol–water partition coefficient (Wildman–Crippen LogP) is 6.60. The van der Waals surface area contributed by atoms with Gasteiger partial charge in [-0.05, 0) is 101 Å². The van der Waals surface area contributed by atoms with Gasteiger partial charge in [-0.15, -0.1) is 0 Å². The topological polar surface area (TPSA) is 75.3 Å². The number of nitrogens with one attached hydrogen (secondary N) is 1. The Labute approximate surface area is 208 Å². The van der Waals surface area contributed by atoms with E-state index in [1.54, 1.807) is 0 Å². The number of aliphatic carboxylic acids is 1. The first-order valence-corrected chi connectivity index (χ1v) is 13.9. The van der Waals surface area contributed by atoms with Gasteiger partial charge in [0.1, 0.15) is 0 Å². The minimum atomic E-state index is -0.691. The molecule has 1 aromatic rings. The van der Waals surface area contributed by atoms with Gasteiger partial charge >= 0.3 is 5.97 Å². The molecule has 2 rings (SSSR count). The molecule has 0 bridgehead atoms. The molecule has 0 spiro atoms. The Morgan fingerprint density at radius 1 is 1.06 bits per heavy atom. The fourth-order valence-electron chi connectivity index (χ4n) is 6.01. The summed E-state index contributed by atoms with van der Waals surface area (Å²) >= 11 is 0. The van der Waals surface area contributed by atoms with Gasteiger partial charge in [-0.2, -0.15) is 0 Å². The second-order valence-electron chi connectivity index (χ2n) is 10.4. The van der Waals surface area contributed by atoms with Gasteiger partial charge in [-0.25, -0.2) is 0 Å². The quantitative estimate of drug-likeness (QED) is 0.167. The number of carboxylic acids is 1. The second-order valence-corrected chi connectivity index (χ2v) is 10.4. The minimum absolute atomic E-state index is 0.158. The number of allylic oxidation sites excluding steroid dienone is 2. The summed E-state index contributed by atoms with van der Waals surface area (Å²) < 4.78 is 0. The van der Waals surface area contributed by atoms with Crippen molar-refractivity contribution in [3.63, 3.8) is 0 Å². The Morgan fingerprint density at radius 2 is 1.79 bits per heavy atom. The van der Waals surface area contributed by atoms with Crippen LogP contribution in [0, 0.1) is 23.7 Å². The summed E-state index contributed by atoms with van der Waals surface area (Å²) in [4.78, 5) is 11.7. The van der Waals surface area contributed by atoms with Crippen LogP contribution < -0.4 is 11.1 Å². The van der Waals surface area contributed by atoms with Crippen LogP contribution in [0.3, 0.4) is 0 Å². The highest BCUT2D eigenvalue weighted by Crippen LogP contribution is 2.34. The van der Waals surface area contributed by atoms with Crippen LogP contribution in [-0.4, -0.2) is 31.2 Å². The van der Waals surface area contributed by atoms with Crippen molar-refractivity contribution in [1.82, 2.24) is 5.32 Å². The van der Waals surface area contributed by atoms with E-state index < -0.39 is 5.97 Å². The van der Waals surface area contributed by atoms with E-state index in [4.69, 9.17) is 5.73 Å². The van der Waals surface area contributed by atoms with E-state index in [2.05, 4.69) is 41.7 Å². The lowest BCUT2D eigenvalue weighted by Crippen LogP contribution is -2.34. The monoisotopic (exact) mass is 470 g/mol. The van der Waals surface area contributed by atoms with E-state index in [-0.39, 0.29) is 12.3 Å². The third-order valence-corrected chi connectivity index (χ3v) is 7.84. The van der Waals surface area contributed by atoms with Crippen molar-refractivity contribution in [3.8, 4) is 0 Å². The van der Waals surface area contributed by atoms with E-state index in [1.807, 2.05) is 13.1 Å². The molecule has 4 N–H and O–H groups in total. The Kier molecular flexibility index (Phi) is 14.9. The summed E-state index contributed by atoms with van der Waals surface area (Å²) in [7, 11) is 2.01. The molecule has 0 unspecified atom stereocenters. The molecule has 0 radical (unpaired) electrons. The third-order valence-electron chi connectivity index (χ3n) is 7.84. The van der Waals surface area contributed by atoms with Crippen molar-refractivity contribution < 1.29 is 9.90 Å². The molecule has 1 saturated carbocycles. The van der Waals surface area contributed by atoms with Crippen molar-refractivity contribution in [3.05, 3.63) is 48.0 Å². The third kappa shape index (κ3) is 11.7. The molecule has 4 nitrogen and oxygen atoms in total. The lowest BCUT2D eigenvalue weighted by atomic mass is 9.73. The molecule has 0 heterocycles. The minimum Gasteiger partial charge on any atom is -0.481 e. The van der Waals surface area contributed by atoms with Crippen molar-refractivity contribution in [2.24, 2.45) is 29.4 Å². The molecule has 0 amide bonds. The van der Waals surface area contributed by atoms with Crippen molar-refractivity contribution >= 4 is 5.97 Å².